The highest BCUT2D eigenvalue weighted by molar-refractivity contribution is 5.66. The Labute approximate surface area is 129 Å². The highest BCUT2D eigenvalue weighted by atomic mass is 16.6. The molecule has 1 heterocycles. The number of carboxylic acids is 1. The maximum absolute atomic E-state index is 10.3. The van der Waals surface area contributed by atoms with Crippen LogP contribution < -0.4 is 0 Å². The van der Waals surface area contributed by atoms with E-state index in [2.05, 4.69) is 19.1 Å². The topological polar surface area (TPSA) is 49.8 Å². The van der Waals surface area contributed by atoms with E-state index < -0.39 is 5.97 Å². The largest absolute Gasteiger partial charge is 0.481 e. The van der Waals surface area contributed by atoms with Crippen molar-refractivity contribution in [1.29, 1.82) is 0 Å². The number of aliphatic carboxylic acids is 1. The predicted octanol–water partition coefficient (Wildman–Crippen LogP) is 5.10. The molecule has 0 aliphatic carbocycles. The number of carbonyl (C=O) groups is 1. The molecule has 1 rings (SSSR count). The van der Waals surface area contributed by atoms with Crippen LogP contribution in [0, 0.1) is 0 Å². The Morgan fingerprint density at radius 2 is 1.76 bits per heavy atom. The molecule has 3 nitrogen and oxygen atoms in total. The Kier molecular flexibility index (Phi) is 10.2. The van der Waals surface area contributed by atoms with E-state index in [4.69, 9.17) is 9.84 Å². The van der Waals surface area contributed by atoms with Crippen LogP contribution in [0.25, 0.3) is 0 Å². The molecule has 0 saturated carbocycles. The third kappa shape index (κ3) is 10.5. The normalized spacial score (nSPS) is 21.0. The van der Waals surface area contributed by atoms with Crippen molar-refractivity contribution >= 4 is 5.97 Å². The first kappa shape index (κ1) is 18.2. The number of unbranched alkanes of at least 4 members (excludes halogenated alkanes) is 7. The Balaban J connectivity index is 1.81. The number of carboxylic acid groups (broad SMARTS) is 1. The molecule has 3 heteroatoms. The fourth-order valence-corrected chi connectivity index (χ4v) is 2.65. The van der Waals surface area contributed by atoms with Crippen molar-refractivity contribution < 1.29 is 14.6 Å². The molecule has 1 fully saturated rings. The summed E-state index contributed by atoms with van der Waals surface area (Å²) < 4.78 is 5.66. The Hall–Kier alpha value is -0.830. The number of rotatable bonds is 14. The second-order valence-electron chi connectivity index (χ2n) is 6.12. The zero-order valence-electron chi connectivity index (χ0n) is 13.6. The van der Waals surface area contributed by atoms with Gasteiger partial charge in [-0.05, 0) is 32.1 Å². The van der Waals surface area contributed by atoms with E-state index >= 15 is 0 Å². The van der Waals surface area contributed by atoms with Crippen molar-refractivity contribution in [2.75, 3.05) is 0 Å². The van der Waals surface area contributed by atoms with Gasteiger partial charge < -0.3 is 9.84 Å². The van der Waals surface area contributed by atoms with E-state index in [1.165, 1.54) is 38.5 Å². The first-order valence-electron chi connectivity index (χ1n) is 8.76. The monoisotopic (exact) mass is 296 g/mol. The molecular weight excluding hydrogens is 264 g/mol. The second kappa shape index (κ2) is 11.8. The van der Waals surface area contributed by atoms with Crippen LogP contribution in [0.2, 0.25) is 0 Å². The molecule has 1 aliphatic heterocycles. The highest BCUT2D eigenvalue weighted by Crippen LogP contribution is 2.30. The van der Waals surface area contributed by atoms with Crippen LogP contribution >= 0.6 is 0 Å². The maximum Gasteiger partial charge on any atom is 0.303 e. The molecule has 1 aliphatic rings. The molecule has 0 amide bonds. The highest BCUT2D eigenvalue weighted by Gasteiger charge is 2.36. The third-order valence-corrected chi connectivity index (χ3v) is 4.08. The van der Waals surface area contributed by atoms with Gasteiger partial charge in [0, 0.05) is 6.42 Å². The van der Waals surface area contributed by atoms with E-state index in [0.29, 0.717) is 18.6 Å². The van der Waals surface area contributed by atoms with Gasteiger partial charge in [-0.1, -0.05) is 57.6 Å². The number of hydrogen-bond donors (Lipinski definition) is 1. The fourth-order valence-electron chi connectivity index (χ4n) is 2.65. The smallest absolute Gasteiger partial charge is 0.303 e. The average molecular weight is 296 g/mol. The number of allylic oxidation sites excluding steroid dienone is 1. The Bertz CT molecular complexity index is 299. The van der Waals surface area contributed by atoms with Crippen LogP contribution in [-0.4, -0.2) is 23.3 Å². The van der Waals surface area contributed by atoms with Gasteiger partial charge in [0.05, 0.1) is 12.2 Å². The summed E-state index contributed by atoms with van der Waals surface area (Å²) in [5.41, 5.74) is 0. The van der Waals surface area contributed by atoms with Crippen molar-refractivity contribution in [2.45, 2.75) is 96.2 Å². The average Bonchev–Trinajstić information content (AvgIpc) is 3.19. The first-order chi connectivity index (χ1) is 10.2. The van der Waals surface area contributed by atoms with Gasteiger partial charge >= 0.3 is 5.97 Å². The fraction of sp³-hybridized carbons (Fsp3) is 0.833. The molecule has 0 aromatic heterocycles. The molecule has 0 bridgehead atoms. The van der Waals surface area contributed by atoms with Gasteiger partial charge in [0.15, 0.2) is 0 Å². The number of hydrogen-bond acceptors (Lipinski definition) is 2. The van der Waals surface area contributed by atoms with E-state index in [0.717, 1.165) is 32.1 Å². The van der Waals surface area contributed by atoms with Gasteiger partial charge in [0.1, 0.15) is 0 Å². The molecule has 0 spiro atoms. The van der Waals surface area contributed by atoms with Gasteiger partial charge in [-0.2, -0.15) is 0 Å². The lowest BCUT2D eigenvalue weighted by Crippen LogP contribution is -1.93. The van der Waals surface area contributed by atoms with Crippen LogP contribution in [-0.2, 0) is 9.53 Å². The van der Waals surface area contributed by atoms with Crippen LogP contribution in [0.15, 0.2) is 12.2 Å². The molecule has 2 atom stereocenters. The molecular formula is C18H32O3. The van der Waals surface area contributed by atoms with E-state index in [1.807, 2.05) is 0 Å². The second-order valence-corrected chi connectivity index (χ2v) is 6.12. The summed E-state index contributed by atoms with van der Waals surface area (Å²) in [6, 6.07) is 0. The van der Waals surface area contributed by atoms with Gasteiger partial charge in [0.25, 0.3) is 0 Å². The molecule has 21 heavy (non-hydrogen) atoms. The van der Waals surface area contributed by atoms with Gasteiger partial charge in [-0.25, -0.2) is 0 Å². The summed E-state index contributed by atoms with van der Waals surface area (Å²) in [7, 11) is 0. The standard InChI is InChI=1S/C18H32O3/c1-2-3-10-13-16-17(21-16)14-11-8-6-4-5-7-9-12-15-18(19)20/h8,11,16-17H,2-7,9-10,12-15H2,1H3,(H,19,20)/t16-,17+/m0/s1. The maximum atomic E-state index is 10.3. The zero-order chi connectivity index (χ0) is 15.3. The summed E-state index contributed by atoms with van der Waals surface area (Å²) >= 11 is 0. The Morgan fingerprint density at radius 1 is 1.00 bits per heavy atom. The van der Waals surface area contributed by atoms with Crippen LogP contribution in [0.3, 0.4) is 0 Å². The van der Waals surface area contributed by atoms with Crippen molar-refractivity contribution in [3.63, 3.8) is 0 Å². The minimum Gasteiger partial charge on any atom is -0.481 e. The minimum atomic E-state index is -0.673. The predicted molar refractivity (Wildman–Crippen MR) is 86.5 cm³/mol. The molecule has 122 valence electrons. The van der Waals surface area contributed by atoms with Gasteiger partial charge in [0.2, 0.25) is 0 Å². The quantitative estimate of drug-likeness (QED) is 0.276. The molecule has 0 aromatic carbocycles. The molecule has 0 radical (unpaired) electrons. The lowest BCUT2D eigenvalue weighted by molar-refractivity contribution is -0.137. The zero-order valence-corrected chi connectivity index (χ0v) is 13.6. The van der Waals surface area contributed by atoms with Gasteiger partial charge in [-0.15, -0.1) is 0 Å². The molecule has 1 saturated heterocycles. The summed E-state index contributed by atoms with van der Waals surface area (Å²) in [6.07, 6.45) is 18.7. The van der Waals surface area contributed by atoms with Crippen molar-refractivity contribution in [3.8, 4) is 0 Å². The van der Waals surface area contributed by atoms with Crippen LogP contribution in [0.5, 0.6) is 0 Å². The summed E-state index contributed by atoms with van der Waals surface area (Å²) in [4.78, 5) is 10.3. The Morgan fingerprint density at radius 3 is 2.52 bits per heavy atom. The third-order valence-electron chi connectivity index (χ3n) is 4.08. The summed E-state index contributed by atoms with van der Waals surface area (Å²) in [5, 5.41) is 8.52. The lowest BCUT2D eigenvalue weighted by atomic mass is 10.1. The van der Waals surface area contributed by atoms with E-state index in [-0.39, 0.29) is 0 Å². The number of epoxide rings is 1. The molecule has 1 N–H and O–H groups in total. The van der Waals surface area contributed by atoms with Crippen LogP contribution in [0.1, 0.15) is 84.0 Å². The lowest BCUT2D eigenvalue weighted by Gasteiger charge is -1.98. The SMILES string of the molecule is CCCCC[C@@H]1O[C@@H]1CC=CCCCCCCCC(=O)O. The number of ether oxygens (including phenoxy) is 1. The van der Waals surface area contributed by atoms with Crippen LogP contribution in [0.4, 0.5) is 0 Å². The first-order valence-corrected chi connectivity index (χ1v) is 8.76. The van der Waals surface area contributed by atoms with Crippen molar-refractivity contribution in [2.24, 2.45) is 0 Å². The van der Waals surface area contributed by atoms with Crippen molar-refractivity contribution in [3.05, 3.63) is 12.2 Å². The molecule has 0 aromatic rings. The minimum absolute atomic E-state index is 0.320. The van der Waals surface area contributed by atoms with E-state index in [1.54, 1.807) is 0 Å². The molecule has 0 unspecified atom stereocenters. The van der Waals surface area contributed by atoms with E-state index in [9.17, 15) is 4.79 Å². The van der Waals surface area contributed by atoms with Gasteiger partial charge in [-0.3, -0.25) is 4.79 Å². The summed E-state index contributed by atoms with van der Waals surface area (Å²) in [5.74, 6) is -0.673. The summed E-state index contributed by atoms with van der Waals surface area (Å²) in [6.45, 7) is 2.24. The van der Waals surface area contributed by atoms with Crippen molar-refractivity contribution in [1.82, 2.24) is 0 Å².